The third kappa shape index (κ3) is 2.48. The molecule has 0 saturated carbocycles. The molecule has 15 heavy (non-hydrogen) atoms. The van der Waals surface area contributed by atoms with E-state index >= 15 is 0 Å². The van der Waals surface area contributed by atoms with Crippen LogP contribution in [0.3, 0.4) is 0 Å². The molecule has 0 radical (unpaired) electrons. The molecule has 0 amide bonds. The third-order valence-electron chi connectivity index (χ3n) is 2.52. The van der Waals surface area contributed by atoms with Crippen molar-refractivity contribution >= 4 is 0 Å². The lowest BCUT2D eigenvalue weighted by Gasteiger charge is -2.22. The maximum Gasteiger partial charge on any atom is 0.123 e. The second kappa shape index (κ2) is 3.49. The van der Waals surface area contributed by atoms with Crippen LogP contribution in [0.1, 0.15) is 25.8 Å². The molecule has 2 nitrogen and oxygen atoms in total. The molecule has 1 atom stereocenters. The second-order valence-electron chi connectivity index (χ2n) is 4.89. The normalized spacial score (nSPS) is 19.9. The molecule has 0 bridgehead atoms. The fourth-order valence-electron chi connectivity index (χ4n) is 1.99. The summed E-state index contributed by atoms with van der Waals surface area (Å²) in [7, 11) is 0. The largest absolute Gasteiger partial charge is 0.490 e. The Morgan fingerprint density at radius 3 is 2.93 bits per heavy atom. The van der Waals surface area contributed by atoms with Gasteiger partial charge in [-0.2, -0.15) is 0 Å². The fourth-order valence-corrected chi connectivity index (χ4v) is 1.99. The standard InChI is InChI=1S/C12H16FNO/c1-12(2,14)7-10-6-8-5-9(13)3-4-11(8)15-10/h3-5,10H,6-7,14H2,1-2H3. The molecular weight excluding hydrogens is 193 g/mol. The number of benzene rings is 1. The molecule has 0 spiro atoms. The van der Waals surface area contributed by atoms with Gasteiger partial charge in [0.15, 0.2) is 0 Å². The number of fused-ring (bicyclic) bond motifs is 1. The van der Waals surface area contributed by atoms with Gasteiger partial charge in [-0.3, -0.25) is 0 Å². The maximum atomic E-state index is 12.9. The topological polar surface area (TPSA) is 35.2 Å². The van der Waals surface area contributed by atoms with Gasteiger partial charge in [-0.1, -0.05) is 0 Å². The van der Waals surface area contributed by atoms with E-state index in [1.807, 2.05) is 13.8 Å². The zero-order valence-corrected chi connectivity index (χ0v) is 9.09. The Kier molecular flexibility index (Phi) is 2.43. The predicted molar refractivity (Wildman–Crippen MR) is 57.4 cm³/mol. The minimum absolute atomic E-state index is 0.0850. The molecule has 1 heterocycles. The molecule has 1 aromatic rings. The SMILES string of the molecule is CC(C)(N)CC1Cc2cc(F)ccc2O1. The summed E-state index contributed by atoms with van der Waals surface area (Å²) in [5, 5.41) is 0. The Balaban J connectivity index is 2.09. The van der Waals surface area contributed by atoms with E-state index in [0.717, 1.165) is 24.2 Å². The van der Waals surface area contributed by atoms with E-state index in [1.54, 1.807) is 12.1 Å². The third-order valence-corrected chi connectivity index (χ3v) is 2.52. The molecular formula is C12H16FNO. The summed E-state index contributed by atoms with van der Waals surface area (Å²) in [4.78, 5) is 0. The van der Waals surface area contributed by atoms with Gasteiger partial charge in [0, 0.05) is 23.9 Å². The van der Waals surface area contributed by atoms with Crippen LogP contribution >= 0.6 is 0 Å². The smallest absolute Gasteiger partial charge is 0.123 e. The van der Waals surface area contributed by atoms with Crippen molar-refractivity contribution in [1.82, 2.24) is 0 Å². The minimum atomic E-state index is -0.245. The summed E-state index contributed by atoms with van der Waals surface area (Å²) < 4.78 is 18.6. The fraction of sp³-hybridized carbons (Fsp3) is 0.500. The molecule has 1 aliphatic heterocycles. The van der Waals surface area contributed by atoms with Gasteiger partial charge in [-0.15, -0.1) is 0 Å². The maximum absolute atomic E-state index is 12.9. The summed E-state index contributed by atoms with van der Waals surface area (Å²) in [6.45, 7) is 3.94. The summed E-state index contributed by atoms with van der Waals surface area (Å²) in [5.74, 6) is 0.593. The first-order chi connectivity index (χ1) is 6.94. The molecule has 2 N–H and O–H groups in total. The van der Waals surface area contributed by atoms with Crippen LogP contribution in [-0.2, 0) is 6.42 Å². The molecule has 0 saturated heterocycles. The first kappa shape index (κ1) is 10.4. The van der Waals surface area contributed by atoms with Crippen LogP contribution in [0.15, 0.2) is 18.2 Å². The van der Waals surface area contributed by atoms with Crippen molar-refractivity contribution in [2.24, 2.45) is 5.73 Å². The van der Waals surface area contributed by atoms with Crippen LogP contribution in [0.25, 0.3) is 0 Å². The minimum Gasteiger partial charge on any atom is -0.490 e. The average Bonchev–Trinajstić information content (AvgIpc) is 2.42. The number of halogens is 1. The van der Waals surface area contributed by atoms with E-state index in [-0.39, 0.29) is 17.5 Å². The van der Waals surface area contributed by atoms with Gasteiger partial charge in [-0.05, 0) is 32.0 Å². The van der Waals surface area contributed by atoms with Crippen molar-refractivity contribution < 1.29 is 9.13 Å². The second-order valence-corrected chi connectivity index (χ2v) is 4.89. The van der Waals surface area contributed by atoms with Crippen molar-refractivity contribution in [3.8, 4) is 5.75 Å². The zero-order chi connectivity index (χ0) is 11.1. The molecule has 0 aliphatic carbocycles. The zero-order valence-electron chi connectivity index (χ0n) is 9.09. The van der Waals surface area contributed by atoms with Crippen molar-refractivity contribution in [3.05, 3.63) is 29.6 Å². The van der Waals surface area contributed by atoms with E-state index < -0.39 is 0 Å². The van der Waals surface area contributed by atoms with E-state index in [9.17, 15) is 4.39 Å². The molecule has 1 unspecified atom stereocenters. The Morgan fingerprint density at radius 2 is 2.27 bits per heavy atom. The summed E-state index contributed by atoms with van der Waals surface area (Å²) >= 11 is 0. The highest BCUT2D eigenvalue weighted by Gasteiger charge is 2.27. The van der Waals surface area contributed by atoms with Crippen molar-refractivity contribution in [3.63, 3.8) is 0 Å². The number of nitrogens with two attached hydrogens (primary N) is 1. The van der Waals surface area contributed by atoms with Gasteiger partial charge in [0.1, 0.15) is 17.7 Å². The number of ether oxygens (including phenoxy) is 1. The first-order valence-corrected chi connectivity index (χ1v) is 5.18. The van der Waals surface area contributed by atoms with E-state index in [0.29, 0.717) is 0 Å². The van der Waals surface area contributed by atoms with Gasteiger partial charge in [0.05, 0.1) is 0 Å². The van der Waals surface area contributed by atoms with Crippen LogP contribution in [0.4, 0.5) is 4.39 Å². The van der Waals surface area contributed by atoms with E-state index in [2.05, 4.69) is 0 Å². The molecule has 3 heteroatoms. The molecule has 2 rings (SSSR count). The number of rotatable bonds is 2. The van der Waals surface area contributed by atoms with Gasteiger partial charge >= 0.3 is 0 Å². The lowest BCUT2D eigenvalue weighted by molar-refractivity contribution is 0.191. The summed E-state index contributed by atoms with van der Waals surface area (Å²) in [6.07, 6.45) is 1.62. The Bertz CT molecular complexity index is 370. The van der Waals surface area contributed by atoms with Crippen LogP contribution < -0.4 is 10.5 Å². The molecule has 1 aliphatic rings. The van der Waals surface area contributed by atoms with Gasteiger partial charge < -0.3 is 10.5 Å². The summed E-state index contributed by atoms with van der Waals surface area (Å²) in [5.41, 5.74) is 6.63. The van der Waals surface area contributed by atoms with E-state index in [4.69, 9.17) is 10.5 Å². The molecule has 0 fully saturated rings. The highest BCUT2D eigenvalue weighted by atomic mass is 19.1. The molecule has 82 valence electrons. The monoisotopic (exact) mass is 209 g/mol. The van der Waals surface area contributed by atoms with Crippen molar-refractivity contribution in [2.75, 3.05) is 0 Å². The van der Waals surface area contributed by atoms with Crippen LogP contribution in [0.2, 0.25) is 0 Å². The quantitative estimate of drug-likeness (QED) is 0.810. The number of hydrogen-bond acceptors (Lipinski definition) is 2. The summed E-state index contributed by atoms with van der Waals surface area (Å²) in [6, 6.07) is 4.65. The highest BCUT2D eigenvalue weighted by Crippen LogP contribution is 2.31. The Labute approximate surface area is 89.2 Å². The highest BCUT2D eigenvalue weighted by molar-refractivity contribution is 5.37. The van der Waals surface area contributed by atoms with Crippen LogP contribution in [0, 0.1) is 5.82 Å². The predicted octanol–water partition coefficient (Wildman–Crippen LogP) is 2.26. The lowest BCUT2D eigenvalue weighted by atomic mass is 9.96. The molecule has 0 aromatic heterocycles. The van der Waals surface area contributed by atoms with Gasteiger partial charge in [0.25, 0.3) is 0 Å². The Hall–Kier alpha value is -1.09. The lowest BCUT2D eigenvalue weighted by Crippen LogP contribution is -2.37. The van der Waals surface area contributed by atoms with Gasteiger partial charge in [0.2, 0.25) is 0 Å². The van der Waals surface area contributed by atoms with Crippen molar-refractivity contribution in [2.45, 2.75) is 38.3 Å². The van der Waals surface area contributed by atoms with E-state index in [1.165, 1.54) is 6.07 Å². The average molecular weight is 209 g/mol. The Morgan fingerprint density at radius 1 is 1.53 bits per heavy atom. The molecule has 1 aromatic carbocycles. The first-order valence-electron chi connectivity index (χ1n) is 5.18. The van der Waals surface area contributed by atoms with Crippen LogP contribution in [-0.4, -0.2) is 11.6 Å². The van der Waals surface area contributed by atoms with Gasteiger partial charge in [-0.25, -0.2) is 4.39 Å². The van der Waals surface area contributed by atoms with Crippen molar-refractivity contribution in [1.29, 1.82) is 0 Å². The van der Waals surface area contributed by atoms with Crippen LogP contribution in [0.5, 0.6) is 5.75 Å². The number of hydrogen-bond donors (Lipinski definition) is 1.